The van der Waals surface area contributed by atoms with Crippen LogP contribution in [-0.4, -0.2) is 42.5 Å². The maximum absolute atomic E-state index is 12.2. The molecule has 0 aliphatic carbocycles. The summed E-state index contributed by atoms with van der Waals surface area (Å²) in [6.45, 7) is 3.86. The van der Waals surface area contributed by atoms with Gasteiger partial charge >= 0.3 is 11.9 Å². The molecule has 0 bridgehead atoms. The van der Waals surface area contributed by atoms with Gasteiger partial charge in [0.15, 0.2) is 0 Å². The second kappa shape index (κ2) is 9.55. The van der Waals surface area contributed by atoms with Gasteiger partial charge in [-0.3, -0.25) is 14.4 Å². The summed E-state index contributed by atoms with van der Waals surface area (Å²) in [6, 6.07) is 9.23. The molecular weight excluding hydrogens is 286 g/mol. The van der Waals surface area contributed by atoms with Crippen LogP contribution in [0.5, 0.6) is 0 Å². The predicted molar refractivity (Wildman–Crippen MR) is 79.7 cm³/mol. The lowest BCUT2D eigenvalue weighted by Gasteiger charge is -2.21. The molecule has 1 aromatic carbocycles. The van der Waals surface area contributed by atoms with E-state index in [0.29, 0.717) is 0 Å². The number of nitrogens with zero attached hydrogens (tertiary/aromatic N) is 1. The van der Waals surface area contributed by atoms with E-state index in [1.807, 2.05) is 30.3 Å². The number of hydrogen-bond donors (Lipinski definition) is 0. The van der Waals surface area contributed by atoms with Gasteiger partial charge in [0, 0.05) is 6.54 Å². The molecule has 1 amide bonds. The van der Waals surface area contributed by atoms with Gasteiger partial charge in [-0.05, 0) is 19.4 Å². The van der Waals surface area contributed by atoms with Crippen LogP contribution in [0.15, 0.2) is 30.3 Å². The summed E-state index contributed by atoms with van der Waals surface area (Å²) >= 11 is 0. The average Bonchev–Trinajstić information content (AvgIpc) is 2.48. The maximum atomic E-state index is 12.2. The molecule has 0 unspecified atom stereocenters. The van der Waals surface area contributed by atoms with E-state index >= 15 is 0 Å². The Morgan fingerprint density at radius 2 is 1.55 bits per heavy atom. The lowest BCUT2D eigenvalue weighted by atomic mass is 10.2. The minimum Gasteiger partial charge on any atom is -0.466 e. The minimum absolute atomic E-state index is 0.193. The van der Waals surface area contributed by atoms with Crippen LogP contribution in [0.4, 0.5) is 0 Å². The Morgan fingerprint density at radius 1 is 0.955 bits per heavy atom. The molecule has 0 radical (unpaired) electrons. The van der Waals surface area contributed by atoms with Crippen LogP contribution in [0, 0.1) is 0 Å². The SMILES string of the molecule is CCOC(=O)CC(=O)N(CC(=O)OCC)Cc1ccccc1. The van der Waals surface area contributed by atoms with Gasteiger partial charge in [-0.25, -0.2) is 0 Å². The molecule has 120 valence electrons. The molecule has 0 saturated heterocycles. The third kappa shape index (κ3) is 6.39. The van der Waals surface area contributed by atoms with Crippen molar-refractivity contribution in [1.29, 1.82) is 0 Å². The van der Waals surface area contributed by atoms with Gasteiger partial charge in [0.2, 0.25) is 5.91 Å². The smallest absolute Gasteiger partial charge is 0.325 e. The van der Waals surface area contributed by atoms with E-state index in [2.05, 4.69) is 0 Å². The van der Waals surface area contributed by atoms with Gasteiger partial charge in [-0.1, -0.05) is 30.3 Å². The maximum Gasteiger partial charge on any atom is 0.325 e. The van der Waals surface area contributed by atoms with Crippen molar-refractivity contribution in [3.63, 3.8) is 0 Å². The van der Waals surface area contributed by atoms with Gasteiger partial charge in [0.1, 0.15) is 13.0 Å². The van der Waals surface area contributed by atoms with E-state index in [-0.39, 0.29) is 32.7 Å². The zero-order valence-electron chi connectivity index (χ0n) is 12.9. The number of esters is 2. The highest BCUT2D eigenvalue weighted by molar-refractivity contribution is 5.95. The van der Waals surface area contributed by atoms with Crippen molar-refractivity contribution < 1.29 is 23.9 Å². The fourth-order valence-electron chi connectivity index (χ4n) is 1.85. The van der Waals surface area contributed by atoms with E-state index in [0.717, 1.165) is 5.56 Å². The average molecular weight is 307 g/mol. The molecule has 0 aromatic heterocycles. The first kappa shape index (κ1) is 17.7. The highest BCUT2D eigenvalue weighted by Gasteiger charge is 2.21. The van der Waals surface area contributed by atoms with Gasteiger partial charge in [0.05, 0.1) is 13.2 Å². The monoisotopic (exact) mass is 307 g/mol. The summed E-state index contributed by atoms with van der Waals surface area (Å²) in [5.74, 6) is -1.57. The Kier molecular flexibility index (Phi) is 7.67. The van der Waals surface area contributed by atoms with Crippen LogP contribution >= 0.6 is 0 Å². The van der Waals surface area contributed by atoms with Crippen LogP contribution in [0.25, 0.3) is 0 Å². The second-order valence-electron chi connectivity index (χ2n) is 4.52. The van der Waals surface area contributed by atoms with Gasteiger partial charge in [-0.2, -0.15) is 0 Å². The summed E-state index contributed by atoms with van der Waals surface area (Å²) in [5.41, 5.74) is 0.865. The molecule has 6 heteroatoms. The number of rotatable bonds is 8. The fourth-order valence-corrected chi connectivity index (χ4v) is 1.85. The standard InChI is InChI=1S/C16H21NO5/c1-3-21-15(19)10-14(18)17(12-16(20)22-4-2)11-13-8-6-5-7-9-13/h5-9H,3-4,10-12H2,1-2H3. The molecule has 0 fully saturated rings. The van der Waals surface area contributed by atoms with Crippen LogP contribution in [0.1, 0.15) is 25.8 Å². The molecule has 0 atom stereocenters. The van der Waals surface area contributed by atoms with E-state index in [1.165, 1.54) is 4.90 Å². The topological polar surface area (TPSA) is 72.9 Å². The Labute approximate surface area is 130 Å². The Hall–Kier alpha value is -2.37. The highest BCUT2D eigenvalue weighted by atomic mass is 16.5. The molecule has 0 spiro atoms. The third-order valence-electron chi connectivity index (χ3n) is 2.80. The fraction of sp³-hybridized carbons (Fsp3) is 0.438. The summed E-state index contributed by atoms with van der Waals surface area (Å²) in [6.07, 6.45) is -0.389. The summed E-state index contributed by atoms with van der Waals surface area (Å²) in [7, 11) is 0. The van der Waals surface area contributed by atoms with Gasteiger partial charge < -0.3 is 14.4 Å². The largest absolute Gasteiger partial charge is 0.466 e. The summed E-state index contributed by atoms with van der Waals surface area (Å²) in [4.78, 5) is 36.5. The van der Waals surface area contributed by atoms with E-state index in [4.69, 9.17) is 9.47 Å². The van der Waals surface area contributed by atoms with Gasteiger partial charge in [0.25, 0.3) is 0 Å². The van der Waals surface area contributed by atoms with Crippen LogP contribution < -0.4 is 0 Å². The van der Waals surface area contributed by atoms with E-state index in [1.54, 1.807) is 13.8 Å². The first-order valence-corrected chi connectivity index (χ1v) is 7.19. The number of ether oxygens (including phenoxy) is 2. The lowest BCUT2D eigenvalue weighted by molar-refractivity contribution is -0.154. The van der Waals surface area contributed by atoms with Crippen LogP contribution in [-0.2, 0) is 30.4 Å². The van der Waals surface area contributed by atoms with E-state index in [9.17, 15) is 14.4 Å². The molecule has 1 aromatic rings. The number of carbonyl (C=O) groups is 3. The number of benzene rings is 1. The molecule has 6 nitrogen and oxygen atoms in total. The van der Waals surface area contributed by atoms with Crippen LogP contribution in [0.2, 0.25) is 0 Å². The van der Waals surface area contributed by atoms with Crippen molar-refractivity contribution in [1.82, 2.24) is 4.90 Å². The summed E-state index contributed by atoms with van der Waals surface area (Å²) < 4.78 is 9.63. The Balaban J connectivity index is 2.74. The molecule has 0 N–H and O–H groups in total. The van der Waals surface area contributed by atoms with Crippen molar-refractivity contribution >= 4 is 17.8 Å². The molecular formula is C16H21NO5. The second-order valence-corrected chi connectivity index (χ2v) is 4.52. The quantitative estimate of drug-likeness (QED) is 0.538. The number of hydrogen-bond acceptors (Lipinski definition) is 5. The van der Waals surface area contributed by atoms with Gasteiger partial charge in [-0.15, -0.1) is 0 Å². The highest BCUT2D eigenvalue weighted by Crippen LogP contribution is 2.07. The van der Waals surface area contributed by atoms with Crippen molar-refractivity contribution in [3.05, 3.63) is 35.9 Å². The normalized spacial score (nSPS) is 9.91. The summed E-state index contributed by atoms with van der Waals surface area (Å²) in [5, 5.41) is 0. The van der Waals surface area contributed by atoms with E-state index < -0.39 is 17.8 Å². The Bertz CT molecular complexity index is 501. The minimum atomic E-state index is -0.602. The zero-order chi connectivity index (χ0) is 16.4. The third-order valence-corrected chi connectivity index (χ3v) is 2.80. The number of amides is 1. The van der Waals surface area contributed by atoms with Crippen molar-refractivity contribution in [2.24, 2.45) is 0 Å². The molecule has 0 saturated carbocycles. The molecule has 0 aliphatic rings. The first-order chi connectivity index (χ1) is 10.6. The first-order valence-electron chi connectivity index (χ1n) is 7.19. The Morgan fingerprint density at radius 3 is 2.14 bits per heavy atom. The van der Waals surface area contributed by atoms with Crippen molar-refractivity contribution in [2.75, 3.05) is 19.8 Å². The predicted octanol–water partition coefficient (Wildman–Crippen LogP) is 1.53. The molecule has 0 heterocycles. The molecule has 22 heavy (non-hydrogen) atoms. The van der Waals surface area contributed by atoms with Crippen LogP contribution in [0.3, 0.4) is 0 Å². The van der Waals surface area contributed by atoms with Crippen molar-refractivity contribution in [2.45, 2.75) is 26.8 Å². The lowest BCUT2D eigenvalue weighted by Crippen LogP contribution is -2.37. The van der Waals surface area contributed by atoms with Crippen molar-refractivity contribution in [3.8, 4) is 0 Å². The zero-order valence-corrected chi connectivity index (χ0v) is 12.9. The number of carbonyl (C=O) groups excluding carboxylic acids is 3. The molecule has 1 rings (SSSR count). The molecule has 0 aliphatic heterocycles.